The van der Waals surface area contributed by atoms with Gasteiger partial charge in [0.15, 0.2) is 5.11 Å². The zero-order chi connectivity index (χ0) is 23.7. The molecule has 168 valence electrons. The first-order valence-corrected chi connectivity index (χ1v) is 10.4. The number of rotatable bonds is 2. The van der Waals surface area contributed by atoms with Crippen LogP contribution in [-0.4, -0.2) is 22.5 Å². The molecule has 1 aliphatic carbocycles. The van der Waals surface area contributed by atoms with E-state index in [-0.39, 0.29) is 34.2 Å². The molecule has 2 amide bonds. The van der Waals surface area contributed by atoms with E-state index in [9.17, 15) is 27.2 Å². The minimum absolute atomic E-state index is 0.0480. The summed E-state index contributed by atoms with van der Waals surface area (Å²) in [4.78, 5) is 28.0. The van der Waals surface area contributed by atoms with Gasteiger partial charge in [-0.25, -0.2) is 4.39 Å². The molecule has 0 unspecified atom stereocenters. The molecule has 2 aromatic rings. The number of hydrogen-bond acceptors (Lipinski definition) is 4. The van der Waals surface area contributed by atoms with E-state index >= 15 is 0 Å². The Morgan fingerprint density at radius 1 is 1.12 bits per heavy atom. The van der Waals surface area contributed by atoms with Gasteiger partial charge in [-0.1, -0.05) is 0 Å². The van der Waals surface area contributed by atoms with Gasteiger partial charge < -0.3 is 10.2 Å². The Labute approximate surface area is 190 Å². The number of carbonyl (C=O) groups is 2. The summed E-state index contributed by atoms with van der Waals surface area (Å²) in [5.74, 6) is -1.62. The third kappa shape index (κ3) is 2.94. The van der Waals surface area contributed by atoms with Crippen molar-refractivity contribution in [2.45, 2.75) is 37.5 Å². The van der Waals surface area contributed by atoms with Crippen molar-refractivity contribution in [2.75, 3.05) is 9.80 Å². The maximum absolute atomic E-state index is 14.7. The zero-order valence-electron chi connectivity index (χ0n) is 16.8. The van der Waals surface area contributed by atoms with Crippen molar-refractivity contribution in [3.05, 3.63) is 58.4 Å². The highest BCUT2D eigenvalue weighted by Gasteiger charge is 2.60. The van der Waals surface area contributed by atoms with Crippen molar-refractivity contribution in [2.24, 2.45) is 0 Å². The molecule has 1 saturated heterocycles. The van der Waals surface area contributed by atoms with Crippen LogP contribution in [0.5, 0.6) is 0 Å². The highest BCUT2D eigenvalue weighted by atomic mass is 32.1. The van der Waals surface area contributed by atoms with Gasteiger partial charge >= 0.3 is 6.18 Å². The van der Waals surface area contributed by atoms with E-state index in [4.69, 9.17) is 17.5 Å². The molecule has 1 saturated carbocycles. The van der Waals surface area contributed by atoms with Crippen LogP contribution in [0.25, 0.3) is 0 Å². The van der Waals surface area contributed by atoms with Gasteiger partial charge in [0.2, 0.25) is 0 Å². The van der Waals surface area contributed by atoms with Gasteiger partial charge in [0, 0.05) is 23.4 Å². The Bertz CT molecular complexity index is 1300. The lowest BCUT2D eigenvalue weighted by atomic mass is 9.75. The number of benzene rings is 2. The topological polar surface area (TPSA) is 76.4 Å². The molecule has 0 radical (unpaired) electrons. The molecule has 0 aromatic heterocycles. The van der Waals surface area contributed by atoms with Crippen LogP contribution < -0.4 is 15.1 Å². The van der Waals surface area contributed by atoms with E-state index in [0.29, 0.717) is 19.3 Å². The number of halogens is 4. The molecule has 1 N–H and O–H groups in total. The maximum atomic E-state index is 14.7. The molecule has 1 spiro atoms. The van der Waals surface area contributed by atoms with Crippen molar-refractivity contribution in [1.82, 2.24) is 5.32 Å². The SMILES string of the molecule is N#Cc1ccc(N2C(=O)C3(CCC3)N(c3cc(F)c4c(c3)C(=O)NC4)C2=S)cc1C(F)(F)F. The summed E-state index contributed by atoms with van der Waals surface area (Å²) < 4.78 is 55.2. The van der Waals surface area contributed by atoms with Gasteiger partial charge in [-0.3, -0.25) is 14.5 Å². The predicted octanol–water partition coefficient (Wildman–Crippen LogP) is 4.02. The molecule has 3 aliphatic rings. The van der Waals surface area contributed by atoms with Crippen LogP contribution in [0.15, 0.2) is 30.3 Å². The van der Waals surface area contributed by atoms with Crippen LogP contribution >= 0.6 is 12.2 Å². The van der Waals surface area contributed by atoms with E-state index < -0.39 is 40.5 Å². The van der Waals surface area contributed by atoms with E-state index in [1.807, 2.05) is 0 Å². The molecule has 11 heteroatoms. The highest BCUT2D eigenvalue weighted by Crippen LogP contribution is 2.49. The van der Waals surface area contributed by atoms with Crippen LogP contribution in [0.3, 0.4) is 0 Å². The summed E-state index contributed by atoms with van der Waals surface area (Å²) in [6.07, 6.45) is -3.39. The number of nitrogens with one attached hydrogen (secondary N) is 1. The van der Waals surface area contributed by atoms with Crippen molar-refractivity contribution < 1.29 is 27.2 Å². The Hall–Kier alpha value is -3.52. The number of amides is 2. The number of alkyl halides is 3. The molecule has 2 heterocycles. The monoisotopic (exact) mass is 474 g/mol. The van der Waals surface area contributed by atoms with Crippen LogP contribution in [0.4, 0.5) is 28.9 Å². The van der Waals surface area contributed by atoms with E-state index in [0.717, 1.165) is 17.0 Å². The predicted molar refractivity (Wildman–Crippen MR) is 113 cm³/mol. The second-order valence-electron chi connectivity index (χ2n) is 8.12. The molecule has 2 fully saturated rings. The van der Waals surface area contributed by atoms with Crippen molar-refractivity contribution in [3.8, 4) is 6.07 Å². The fraction of sp³-hybridized carbons (Fsp3) is 0.273. The molecule has 6 nitrogen and oxygen atoms in total. The third-order valence-electron chi connectivity index (χ3n) is 6.39. The lowest BCUT2D eigenvalue weighted by molar-refractivity contribution is -0.137. The minimum atomic E-state index is -4.81. The standard InChI is InChI=1S/C22H14F4N4O2S/c23-17-8-13(6-14-15(17)10-28-18(14)31)30-20(33)29(19(32)21(30)4-1-5-21)12-3-2-11(9-27)16(7-12)22(24,25)26/h2-3,6-8H,1,4-5,10H2,(H,28,31). The van der Waals surface area contributed by atoms with E-state index in [1.54, 1.807) is 0 Å². The van der Waals surface area contributed by atoms with Crippen molar-refractivity contribution >= 4 is 40.5 Å². The number of anilines is 2. The number of hydrogen-bond donors (Lipinski definition) is 1. The summed E-state index contributed by atoms with van der Waals surface area (Å²) in [6, 6.07) is 7.07. The van der Waals surface area contributed by atoms with Gasteiger partial charge in [0.25, 0.3) is 11.8 Å². The largest absolute Gasteiger partial charge is 0.417 e. The fourth-order valence-corrected chi connectivity index (χ4v) is 5.08. The van der Waals surface area contributed by atoms with E-state index in [2.05, 4.69) is 5.32 Å². The summed E-state index contributed by atoms with van der Waals surface area (Å²) in [7, 11) is 0. The van der Waals surface area contributed by atoms with Crippen LogP contribution in [0, 0.1) is 17.1 Å². The Morgan fingerprint density at radius 2 is 1.85 bits per heavy atom. The molecular weight excluding hydrogens is 460 g/mol. The Kier molecular flexibility index (Phi) is 4.52. The molecule has 2 aromatic carbocycles. The molecule has 0 bridgehead atoms. The first-order chi connectivity index (χ1) is 15.6. The molecule has 0 atom stereocenters. The molecule has 33 heavy (non-hydrogen) atoms. The smallest absolute Gasteiger partial charge is 0.348 e. The number of fused-ring (bicyclic) bond motifs is 1. The number of thiocarbonyl (C=S) groups is 1. The lowest BCUT2D eigenvalue weighted by Crippen LogP contribution is -2.55. The number of nitriles is 1. The molecular formula is C22H14F4N4O2S. The average Bonchev–Trinajstić information content (AvgIpc) is 3.21. The zero-order valence-corrected chi connectivity index (χ0v) is 17.6. The normalized spacial score (nSPS) is 18.9. The van der Waals surface area contributed by atoms with Crippen LogP contribution in [0.1, 0.15) is 46.3 Å². The lowest BCUT2D eigenvalue weighted by Gasteiger charge is -2.43. The molecule has 5 rings (SSSR count). The molecule has 2 aliphatic heterocycles. The van der Waals surface area contributed by atoms with Crippen molar-refractivity contribution in [1.29, 1.82) is 5.26 Å². The van der Waals surface area contributed by atoms with Crippen molar-refractivity contribution in [3.63, 3.8) is 0 Å². The van der Waals surface area contributed by atoms with Crippen LogP contribution in [0.2, 0.25) is 0 Å². The number of carbonyl (C=O) groups excluding carboxylic acids is 2. The van der Waals surface area contributed by atoms with E-state index in [1.165, 1.54) is 29.2 Å². The maximum Gasteiger partial charge on any atom is 0.417 e. The third-order valence-corrected chi connectivity index (χ3v) is 6.75. The second-order valence-corrected chi connectivity index (χ2v) is 8.48. The first-order valence-electron chi connectivity index (χ1n) is 9.99. The first kappa shape index (κ1) is 21.3. The Morgan fingerprint density at radius 3 is 2.45 bits per heavy atom. The van der Waals surface area contributed by atoms with Gasteiger partial charge in [-0.05, 0) is 61.8 Å². The summed E-state index contributed by atoms with van der Waals surface area (Å²) in [5.41, 5.74) is -2.53. The number of nitrogens with zero attached hydrogens (tertiary/aromatic N) is 3. The average molecular weight is 474 g/mol. The minimum Gasteiger partial charge on any atom is -0.348 e. The summed E-state index contributed by atoms with van der Waals surface area (Å²) in [5, 5.41) is 11.5. The summed E-state index contributed by atoms with van der Waals surface area (Å²) >= 11 is 5.51. The van der Waals surface area contributed by atoms with Gasteiger partial charge in [-0.2, -0.15) is 18.4 Å². The Balaban J connectivity index is 1.63. The summed E-state index contributed by atoms with van der Waals surface area (Å²) in [6.45, 7) is 0.0480. The highest BCUT2D eigenvalue weighted by molar-refractivity contribution is 7.81. The quantitative estimate of drug-likeness (QED) is 0.526. The van der Waals surface area contributed by atoms with Crippen LogP contribution in [-0.2, 0) is 17.5 Å². The van der Waals surface area contributed by atoms with Gasteiger partial charge in [0.05, 0.1) is 22.9 Å². The van der Waals surface area contributed by atoms with Gasteiger partial charge in [-0.15, -0.1) is 0 Å². The second kappa shape index (κ2) is 6.99. The fourth-order valence-electron chi connectivity index (χ4n) is 4.61. The van der Waals surface area contributed by atoms with Gasteiger partial charge in [0.1, 0.15) is 11.4 Å².